The van der Waals surface area contributed by atoms with Gasteiger partial charge >= 0.3 is 5.97 Å². The van der Waals surface area contributed by atoms with Crippen molar-refractivity contribution in [2.45, 2.75) is 13.3 Å². The molecule has 0 unspecified atom stereocenters. The highest BCUT2D eigenvalue weighted by atomic mass is 16.7. The fourth-order valence-corrected chi connectivity index (χ4v) is 1.37. The van der Waals surface area contributed by atoms with Crippen molar-refractivity contribution < 1.29 is 24.1 Å². The second kappa shape index (κ2) is 8.16. The number of rotatable bonds is 8. The molecule has 0 aromatic heterocycles. The molecule has 0 saturated heterocycles. The zero-order valence-electron chi connectivity index (χ0n) is 11.1. The normalized spacial score (nSPS) is 10.6. The number of ether oxygens (including phenoxy) is 3. The Morgan fingerprint density at radius 1 is 1.37 bits per heavy atom. The molecule has 0 aliphatic heterocycles. The van der Waals surface area contributed by atoms with Gasteiger partial charge in [0, 0.05) is 24.8 Å². The van der Waals surface area contributed by atoms with Gasteiger partial charge in [0.05, 0.1) is 6.61 Å². The van der Waals surface area contributed by atoms with Gasteiger partial charge < -0.3 is 19.3 Å². The largest absolute Gasteiger partial charge is 0.493 e. The first-order chi connectivity index (χ1) is 9.17. The van der Waals surface area contributed by atoms with Crippen LogP contribution in [0.25, 0.3) is 6.08 Å². The summed E-state index contributed by atoms with van der Waals surface area (Å²) in [7, 11) is 1.52. The Labute approximate surface area is 112 Å². The monoisotopic (exact) mass is 266 g/mol. The van der Waals surface area contributed by atoms with Crippen LogP contribution in [0, 0.1) is 0 Å². The van der Waals surface area contributed by atoms with E-state index in [1.807, 2.05) is 6.92 Å². The lowest BCUT2D eigenvalue weighted by atomic mass is 10.1. The Kier molecular flexibility index (Phi) is 6.46. The first-order valence-corrected chi connectivity index (χ1v) is 5.97. The van der Waals surface area contributed by atoms with Gasteiger partial charge in [-0.05, 0) is 24.6 Å². The van der Waals surface area contributed by atoms with Gasteiger partial charge in [-0.3, -0.25) is 0 Å². The van der Waals surface area contributed by atoms with E-state index in [9.17, 15) is 4.79 Å². The molecule has 0 fully saturated rings. The minimum absolute atomic E-state index is 0.0884. The molecule has 0 heterocycles. The molecule has 0 aliphatic carbocycles. The molecule has 0 amide bonds. The van der Waals surface area contributed by atoms with Crippen LogP contribution in [-0.2, 0) is 9.53 Å². The third-order valence-electron chi connectivity index (χ3n) is 2.20. The van der Waals surface area contributed by atoms with Gasteiger partial charge in [0.1, 0.15) is 11.5 Å². The predicted molar refractivity (Wildman–Crippen MR) is 71.4 cm³/mol. The Balaban J connectivity index is 2.91. The van der Waals surface area contributed by atoms with E-state index < -0.39 is 5.97 Å². The summed E-state index contributed by atoms with van der Waals surface area (Å²) in [5.74, 6) is 0.192. The van der Waals surface area contributed by atoms with Crippen molar-refractivity contribution in [2.24, 2.45) is 0 Å². The van der Waals surface area contributed by atoms with Crippen LogP contribution in [0.4, 0.5) is 0 Å². The van der Waals surface area contributed by atoms with Crippen molar-refractivity contribution in [2.75, 3.05) is 20.5 Å². The van der Waals surface area contributed by atoms with E-state index >= 15 is 0 Å². The molecular weight excluding hydrogens is 248 g/mol. The summed E-state index contributed by atoms with van der Waals surface area (Å²) in [6.45, 7) is 2.73. The summed E-state index contributed by atoms with van der Waals surface area (Å²) in [4.78, 5) is 10.5. The lowest BCUT2D eigenvalue weighted by molar-refractivity contribution is -0.131. The van der Waals surface area contributed by atoms with Crippen LogP contribution in [-0.4, -0.2) is 31.6 Å². The van der Waals surface area contributed by atoms with Crippen LogP contribution in [0.2, 0.25) is 0 Å². The fourth-order valence-electron chi connectivity index (χ4n) is 1.37. The number of methoxy groups -OCH3 is 1. The first kappa shape index (κ1) is 15.0. The maximum atomic E-state index is 10.5. The third-order valence-corrected chi connectivity index (χ3v) is 2.20. The minimum atomic E-state index is -1.01. The number of benzene rings is 1. The Morgan fingerprint density at radius 2 is 2.16 bits per heavy atom. The first-order valence-electron chi connectivity index (χ1n) is 5.97. The number of carboxylic acid groups (broad SMARTS) is 1. The van der Waals surface area contributed by atoms with E-state index in [1.165, 1.54) is 13.2 Å². The van der Waals surface area contributed by atoms with Crippen LogP contribution >= 0.6 is 0 Å². The van der Waals surface area contributed by atoms with Crippen molar-refractivity contribution in [1.82, 2.24) is 0 Å². The van der Waals surface area contributed by atoms with E-state index in [-0.39, 0.29) is 6.79 Å². The van der Waals surface area contributed by atoms with Crippen molar-refractivity contribution in [3.63, 3.8) is 0 Å². The summed E-state index contributed by atoms with van der Waals surface area (Å²) in [6.07, 6.45) is 3.44. The molecule has 0 radical (unpaired) electrons. The van der Waals surface area contributed by atoms with Crippen molar-refractivity contribution in [1.29, 1.82) is 0 Å². The van der Waals surface area contributed by atoms with Gasteiger partial charge in [0.25, 0.3) is 0 Å². The Hall–Kier alpha value is -2.01. The average Bonchev–Trinajstić information content (AvgIpc) is 2.41. The second-order valence-corrected chi connectivity index (χ2v) is 3.77. The Morgan fingerprint density at radius 3 is 2.79 bits per heavy atom. The smallest absolute Gasteiger partial charge is 0.328 e. The average molecular weight is 266 g/mol. The number of hydrogen-bond acceptors (Lipinski definition) is 4. The lowest BCUT2D eigenvalue weighted by Gasteiger charge is -2.11. The van der Waals surface area contributed by atoms with Crippen molar-refractivity contribution in [3.8, 4) is 11.5 Å². The molecule has 1 aromatic rings. The molecule has 0 bridgehead atoms. The molecule has 0 aliphatic rings. The van der Waals surface area contributed by atoms with Crippen LogP contribution < -0.4 is 9.47 Å². The molecule has 0 spiro atoms. The topological polar surface area (TPSA) is 65.0 Å². The van der Waals surface area contributed by atoms with Crippen molar-refractivity contribution in [3.05, 3.63) is 29.8 Å². The predicted octanol–water partition coefficient (Wildman–Crippen LogP) is 2.56. The molecule has 104 valence electrons. The van der Waals surface area contributed by atoms with E-state index in [2.05, 4.69) is 0 Å². The summed E-state index contributed by atoms with van der Waals surface area (Å²) < 4.78 is 15.7. The van der Waals surface area contributed by atoms with Crippen LogP contribution in [0.3, 0.4) is 0 Å². The summed E-state index contributed by atoms with van der Waals surface area (Å²) >= 11 is 0. The highest BCUT2D eigenvalue weighted by Gasteiger charge is 2.04. The van der Waals surface area contributed by atoms with Crippen LogP contribution in [0.5, 0.6) is 11.5 Å². The Bertz CT molecular complexity index is 439. The summed E-state index contributed by atoms with van der Waals surface area (Å²) in [5, 5.41) is 8.64. The lowest BCUT2D eigenvalue weighted by Crippen LogP contribution is -2.02. The zero-order valence-corrected chi connectivity index (χ0v) is 11.1. The van der Waals surface area contributed by atoms with Crippen molar-refractivity contribution >= 4 is 12.0 Å². The summed E-state index contributed by atoms with van der Waals surface area (Å²) in [5.41, 5.74) is 0.656. The molecule has 19 heavy (non-hydrogen) atoms. The highest BCUT2D eigenvalue weighted by molar-refractivity contribution is 5.86. The zero-order chi connectivity index (χ0) is 14.1. The molecule has 1 N–H and O–H groups in total. The maximum absolute atomic E-state index is 10.5. The standard InChI is InChI=1S/C14H18O5/c1-3-8-18-12-6-4-11(5-7-14(15)16)13(9-12)19-10-17-2/h4-7,9H,3,8,10H2,1-2H3,(H,15,16). The second-order valence-electron chi connectivity index (χ2n) is 3.77. The molecule has 0 saturated carbocycles. The molecule has 5 nitrogen and oxygen atoms in total. The highest BCUT2D eigenvalue weighted by Crippen LogP contribution is 2.26. The van der Waals surface area contributed by atoms with Gasteiger partial charge in [0.2, 0.25) is 0 Å². The molecule has 1 rings (SSSR count). The number of carboxylic acids is 1. The molecule has 5 heteroatoms. The maximum Gasteiger partial charge on any atom is 0.328 e. The van der Waals surface area contributed by atoms with Gasteiger partial charge in [-0.2, -0.15) is 0 Å². The molecule has 0 atom stereocenters. The van der Waals surface area contributed by atoms with Gasteiger partial charge in [-0.15, -0.1) is 0 Å². The molecule has 1 aromatic carbocycles. The quantitative estimate of drug-likeness (QED) is 0.578. The number of hydrogen-bond donors (Lipinski definition) is 1. The van der Waals surface area contributed by atoms with E-state index in [0.717, 1.165) is 12.5 Å². The third kappa shape index (κ3) is 5.44. The van der Waals surface area contributed by atoms with Gasteiger partial charge in [-0.1, -0.05) is 6.92 Å². The fraction of sp³-hybridized carbons (Fsp3) is 0.357. The van der Waals surface area contributed by atoms with E-state index in [0.29, 0.717) is 23.7 Å². The summed E-state index contributed by atoms with van der Waals surface area (Å²) in [6, 6.07) is 5.24. The van der Waals surface area contributed by atoms with Gasteiger partial charge in [0.15, 0.2) is 6.79 Å². The number of aliphatic carboxylic acids is 1. The van der Waals surface area contributed by atoms with Crippen LogP contribution in [0.1, 0.15) is 18.9 Å². The minimum Gasteiger partial charge on any atom is -0.493 e. The molecular formula is C14H18O5. The van der Waals surface area contributed by atoms with Crippen LogP contribution in [0.15, 0.2) is 24.3 Å². The van der Waals surface area contributed by atoms with Gasteiger partial charge in [-0.25, -0.2) is 4.79 Å². The number of carbonyl (C=O) groups is 1. The van der Waals surface area contributed by atoms with E-state index in [4.69, 9.17) is 19.3 Å². The van der Waals surface area contributed by atoms with E-state index in [1.54, 1.807) is 18.2 Å². The SMILES string of the molecule is CCCOc1ccc(C=CC(=O)O)c(OCOC)c1.